The van der Waals surface area contributed by atoms with E-state index in [9.17, 15) is 9.59 Å². The molecule has 4 N–H and O–H groups in total. The number of hydrogen-bond acceptors (Lipinski definition) is 6. The molecule has 0 unspecified atom stereocenters. The van der Waals surface area contributed by atoms with E-state index in [-0.39, 0.29) is 41.4 Å². The fourth-order valence-electron chi connectivity index (χ4n) is 2.63. The molecule has 27 heavy (non-hydrogen) atoms. The highest BCUT2D eigenvalue weighted by Crippen LogP contribution is 2.21. The summed E-state index contributed by atoms with van der Waals surface area (Å²) in [7, 11) is 0. The molecule has 10 heteroatoms. The number of amides is 2. The van der Waals surface area contributed by atoms with Crippen molar-refractivity contribution in [3.05, 3.63) is 42.2 Å². The minimum absolute atomic E-state index is 0. The maximum atomic E-state index is 12.7. The summed E-state index contributed by atoms with van der Waals surface area (Å²) in [5, 5.41) is 6.08. The smallest absolute Gasteiger partial charge is 0.271 e. The molecule has 3 aromatic heterocycles. The van der Waals surface area contributed by atoms with Crippen molar-refractivity contribution in [3.8, 4) is 11.5 Å². The number of aromatic nitrogens is 3. The van der Waals surface area contributed by atoms with Gasteiger partial charge in [-0.15, -0.1) is 12.4 Å². The molecular weight excluding hydrogens is 372 g/mol. The molecule has 3 rings (SSSR count). The van der Waals surface area contributed by atoms with Gasteiger partial charge in [0.15, 0.2) is 17.1 Å². The first-order valence-corrected chi connectivity index (χ1v) is 8.24. The zero-order valence-electron chi connectivity index (χ0n) is 14.9. The Morgan fingerprint density at radius 3 is 2.81 bits per heavy atom. The molecule has 0 spiro atoms. The van der Waals surface area contributed by atoms with Crippen molar-refractivity contribution in [3.63, 3.8) is 0 Å². The maximum absolute atomic E-state index is 12.7. The van der Waals surface area contributed by atoms with Gasteiger partial charge in [0, 0.05) is 12.6 Å². The van der Waals surface area contributed by atoms with Crippen molar-refractivity contribution in [1.82, 2.24) is 25.0 Å². The van der Waals surface area contributed by atoms with Crippen molar-refractivity contribution in [2.45, 2.75) is 19.9 Å². The van der Waals surface area contributed by atoms with E-state index in [0.717, 1.165) is 6.54 Å². The number of fused-ring (bicyclic) bond motifs is 1. The molecule has 144 valence electrons. The van der Waals surface area contributed by atoms with Crippen molar-refractivity contribution in [1.29, 1.82) is 0 Å². The van der Waals surface area contributed by atoms with Crippen LogP contribution in [0.15, 0.2) is 35.2 Å². The first-order valence-electron chi connectivity index (χ1n) is 8.24. The second-order valence-electron chi connectivity index (χ2n) is 5.82. The lowest BCUT2D eigenvalue weighted by Gasteiger charge is -2.14. The summed E-state index contributed by atoms with van der Waals surface area (Å²) < 4.78 is 6.80. The zero-order chi connectivity index (χ0) is 18.7. The highest BCUT2D eigenvalue weighted by Gasteiger charge is 2.20. The molecule has 0 saturated carbocycles. The quantitative estimate of drug-likeness (QED) is 0.555. The van der Waals surface area contributed by atoms with E-state index in [2.05, 4.69) is 20.6 Å². The zero-order valence-corrected chi connectivity index (χ0v) is 15.7. The lowest BCUT2D eigenvalue weighted by Crippen LogP contribution is -2.39. The lowest BCUT2D eigenvalue weighted by atomic mass is 10.2. The first kappa shape index (κ1) is 20.4. The predicted molar refractivity (Wildman–Crippen MR) is 102 cm³/mol. The topological polar surface area (TPSA) is 128 Å². The van der Waals surface area contributed by atoms with Crippen LogP contribution in [0, 0.1) is 0 Å². The summed E-state index contributed by atoms with van der Waals surface area (Å²) >= 11 is 0. The Kier molecular flexibility index (Phi) is 6.54. The summed E-state index contributed by atoms with van der Waals surface area (Å²) in [5.74, 6) is -0.564. The summed E-state index contributed by atoms with van der Waals surface area (Å²) in [5.41, 5.74) is 6.26. The van der Waals surface area contributed by atoms with Crippen LogP contribution in [0.3, 0.4) is 0 Å². The molecular formula is C17H21ClN6O3. The average molecular weight is 393 g/mol. The molecule has 0 saturated heterocycles. The summed E-state index contributed by atoms with van der Waals surface area (Å²) in [4.78, 5) is 32.7. The van der Waals surface area contributed by atoms with Crippen LogP contribution in [-0.4, -0.2) is 45.3 Å². The number of furan rings is 1. The minimum Gasteiger partial charge on any atom is -0.463 e. The van der Waals surface area contributed by atoms with Crippen molar-refractivity contribution >= 4 is 29.9 Å². The minimum atomic E-state index is -0.719. The fraction of sp³-hybridized carbons (Fsp3) is 0.294. The van der Waals surface area contributed by atoms with Gasteiger partial charge in [-0.05, 0) is 31.7 Å². The number of nitrogens with zero attached hydrogens (tertiary/aromatic N) is 3. The number of nitrogens with two attached hydrogens (primary N) is 1. The van der Waals surface area contributed by atoms with Crippen LogP contribution in [0.4, 0.5) is 0 Å². The van der Waals surface area contributed by atoms with Gasteiger partial charge in [-0.3, -0.25) is 14.0 Å². The molecule has 9 nitrogen and oxygen atoms in total. The Bertz CT molecular complexity index is 938. The molecule has 3 heterocycles. The SMILES string of the molecule is CCN[C@H](C)CNC(=O)c1cc(-c2ccco2)nc2c(C(N)=O)ncn12.Cl. The van der Waals surface area contributed by atoms with Gasteiger partial charge in [0.1, 0.15) is 17.7 Å². The molecule has 0 aromatic carbocycles. The van der Waals surface area contributed by atoms with Crippen molar-refractivity contribution in [2.24, 2.45) is 5.73 Å². The lowest BCUT2D eigenvalue weighted by molar-refractivity contribution is 0.0942. The number of carbonyl (C=O) groups is 2. The fourth-order valence-corrected chi connectivity index (χ4v) is 2.63. The number of hydrogen-bond donors (Lipinski definition) is 3. The van der Waals surface area contributed by atoms with E-state index in [0.29, 0.717) is 18.0 Å². The van der Waals surface area contributed by atoms with Crippen molar-refractivity contribution in [2.75, 3.05) is 13.1 Å². The number of halogens is 1. The third-order valence-electron chi connectivity index (χ3n) is 3.86. The van der Waals surface area contributed by atoms with E-state index in [1.165, 1.54) is 17.0 Å². The van der Waals surface area contributed by atoms with E-state index in [1.807, 2.05) is 13.8 Å². The normalized spacial score (nSPS) is 11.8. The highest BCUT2D eigenvalue weighted by atomic mass is 35.5. The van der Waals surface area contributed by atoms with E-state index < -0.39 is 5.91 Å². The highest BCUT2D eigenvalue weighted by molar-refractivity contribution is 5.99. The second-order valence-corrected chi connectivity index (χ2v) is 5.82. The monoisotopic (exact) mass is 392 g/mol. The molecule has 0 bridgehead atoms. The summed E-state index contributed by atoms with van der Waals surface area (Å²) in [6.45, 7) is 5.23. The third-order valence-corrected chi connectivity index (χ3v) is 3.86. The van der Waals surface area contributed by atoms with Gasteiger partial charge < -0.3 is 20.8 Å². The van der Waals surface area contributed by atoms with Gasteiger partial charge >= 0.3 is 0 Å². The molecule has 0 aliphatic heterocycles. The molecule has 3 aromatic rings. The Labute approximate surface area is 161 Å². The largest absolute Gasteiger partial charge is 0.463 e. The van der Waals surface area contributed by atoms with Crippen LogP contribution >= 0.6 is 12.4 Å². The number of carbonyl (C=O) groups excluding carboxylic acids is 2. The number of imidazole rings is 1. The molecule has 0 aliphatic rings. The average Bonchev–Trinajstić information content (AvgIpc) is 3.28. The number of rotatable bonds is 7. The van der Waals surface area contributed by atoms with Crippen LogP contribution in [0.2, 0.25) is 0 Å². The van der Waals surface area contributed by atoms with Gasteiger partial charge in [-0.25, -0.2) is 9.97 Å². The van der Waals surface area contributed by atoms with E-state index in [1.54, 1.807) is 18.2 Å². The summed E-state index contributed by atoms with van der Waals surface area (Å²) in [6.07, 6.45) is 2.86. The second kappa shape index (κ2) is 8.65. The van der Waals surface area contributed by atoms with Crippen molar-refractivity contribution < 1.29 is 14.0 Å². The third kappa shape index (κ3) is 4.26. The first-order chi connectivity index (χ1) is 12.5. The standard InChI is InChI=1S/C17H20N6O3.ClH/c1-3-19-10(2)8-20-17(25)12-7-11(13-5-4-6-26-13)22-16-14(15(18)24)21-9-23(12)16;/h4-7,9-10,19H,3,8H2,1-2H3,(H2,18,24)(H,20,25);1H/t10-;/m1./s1. The summed E-state index contributed by atoms with van der Waals surface area (Å²) in [6, 6.07) is 5.14. The van der Waals surface area contributed by atoms with E-state index in [4.69, 9.17) is 10.2 Å². The van der Waals surface area contributed by atoms with Crippen LogP contribution in [0.5, 0.6) is 0 Å². The van der Waals surface area contributed by atoms with Gasteiger partial charge in [0.2, 0.25) is 0 Å². The van der Waals surface area contributed by atoms with Crippen LogP contribution in [0.1, 0.15) is 34.8 Å². The number of nitrogens with one attached hydrogen (secondary N) is 2. The van der Waals surface area contributed by atoms with E-state index >= 15 is 0 Å². The van der Waals surface area contributed by atoms with Crippen LogP contribution in [0.25, 0.3) is 17.1 Å². The molecule has 0 fully saturated rings. The Morgan fingerprint density at radius 2 is 2.19 bits per heavy atom. The molecule has 0 radical (unpaired) electrons. The molecule has 1 atom stereocenters. The van der Waals surface area contributed by atoms with Crippen LogP contribution < -0.4 is 16.4 Å². The Morgan fingerprint density at radius 1 is 1.41 bits per heavy atom. The predicted octanol–water partition coefficient (Wildman–Crippen LogP) is 1.24. The Hall–Kier alpha value is -2.91. The van der Waals surface area contributed by atoms with Crippen LogP contribution in [-0.2, 0) is 0 Å². The van der Waals surface area contributed by atoms with Gasteiger partial charge in [0.25, 0.3) is 11.8 Å². The number of primary amides is 1. The van der Waals surface area contributed by atoms with Gasteiger partial charge in [-0.2, -0.15) is 0 Å². The van der Waals surface area contributed by atoms with Gasteiger partial charge in [0.05, 0.1) is 6.26 Å². The number of likely N-dealkylation sites (N-methyl/N-ethyl adjacent to an activating group) is 1. The molecule has 0 aliphatic carbocycles. The molecule has 2 amide bonds. The maximum Gasteiger partial charge on any atom is 0.271 e. The Balaban J connectivity index is 0.00000261. The van der Waals surface area contributed by atoms with Gasteiger partial charge in [-0.1, -0.05) is 6.92 Å².